The van der Waals surface area contributed by atoms with Crippen molar-refractivity contribution in [3.05, 3.63) is 33.7 Å². The Morgan fingerprint density at radius 3 is 1.81 bits per heavy atom. The minimum atomic E-state index is -4.93. The van der Waals surface area contributed by atoms with Crippen molar-refractivity contribution in [2.24, 2.45) is 52.4 Å². The average Bonchev–Trinajstić information content (AvgIpc) is 3.49. The molecule has 0 aromatic heterocycles. The number of nitrogens with zero attached hydrogens (tertiary/aromatic N) is 3. The minimum absolute atomic E-state index is 0.0262. The summed E-state index contributed by atoms with van der Waals surface area (Å²) >= 11 is 6.02. The molecule has 360 valence electrons. The minimum Gasteiger partial charge on any atom is -0.483 e. The zero-order valence-electron chi connectivity index (χ0n) is 38.2. The van der Waals surface area contributed by atoms with Crippen molar-refractivity contribution in [1.82, 2.24) is 25.8 Å². The third-order valence-electron chi connectivity index (χ3n) is 9.53. The molecule has 1 saturated carbocycles. The van der Waals surface area contributed by atoms with Gasteiger partial charge >= 0.3 is 18.5 Å². The van der Waals surface area contributed by atoms with Crippen LogP contribution >= 0.6 is 11.6 Å². The molecule has 4 rings (SSSR count). The topological polar surface area (TPSA) is 241 Å². The summed E-state index contributed by atoms with van der Waals surface area (Å²) in [5, 5.41) is 22.7. The molecule has 64 heavy (non-hydrogen) atoms. The zero-order chi connectivity index (χ0) is 50.3. The summed E-state index contributed by atoms with van der Waals surface area (Å²) in [7, 11) is 5.53. The quantitative estimate of drug-likeness (QED) is 0.120. The van der Waals surface area contributed by atoms with Crippen LogP contribution in [0, 0.1) is 52.3 Å². The van der Waals surface area contributed by atoms with Crippen molar-refractivity contribution < 1.29 is 55.8 Å². The predicted molar refractivity (Wildman–Crippen MR) is 235 cm³/mol. The molecule has 0 bridgehead atoms. The fourth-order valence-corrected chi connectivity index (χ4v) is 6.41. The van der Waals surface area contributed by atoms with E-state index < -0.39 is 42.9 Å². The molecule has 1 aromatic carbocycles. The van der Waals surface area contributed by atoms with Crippen LogP contribution < -0.4 is 37.9 Å². The number of nitriles is 1. The number of carbonyl (C=O) groups is 6. The molecule has 4 atom stereocenters. The highest BCUT2D eigenvalue weighted by atomic mass is 35.5. The van der Waals surface area contributed by atoms with E-state index in [2.05, 4.69) is 67.6 Å². The lowest BCUT2D eigenvalue weighted by molar-refractivity contribution is -0.174. The third-order valence-corrected chi connectivity index (χ3v) is 9.85. The maximum absolute atomic E-state index is 11.9. The second-order valence-corrected chi connectivity index (χ2v) is 17.5. The summed E-state index contributed by atoms with van der Waals surface area (Å²) in [4.78, 5) is 66.3. The maximum atomic E-state index is 11.9. The summed E-state index contributed by atoms with van der Waals surface area (Å²) in [6.07, 6.45) is -6.54. The van der Waals surface area contributed by atoms with Crippen molar-refractivity contribution >= 4 is 67.3 Å². The zero-order valence-corrected chi connectivity index (χ0v) is 38.9. The number of likely N-dealkylation sites (tertiary alicyclic amines) is 2. The predicted octanol–water partition coefficient (Wildman–Crippen LogP) is 2.91. The van der Waals surface area contributed by atoms with Gasteiger partial charge in [0.15, 0.2) is 6.04 Å². The first-order valence-electron chi connectivity index (χ1n) is 20.4. The molecule has 0 spiro atoms. The lowest BCUT2D eigenvalue weighted by atomic mass is 9.84. The molecule has 2 aliphatic heterocycles. The average molecular weight is 935 g/mol. The van der Waals surface area contributed by atoms with Gasteiger partial charge in [0.25, 0.3) is 12.4 Å². The number of hydrogen-bond donors (Lipinski definition) is 6. The second kappa shape index (κ2) is 29.3. The molecular weight excluding hydrogens is 870 g/mol. The number of nitrogens with one attached hydrogen (secondary N) is 3. The van der Waals surface area contributed by atoms with Crippen LogP contribution in [0.3, 0.4) is 0 Å². The number of benzene rings is 1. The van der Waals surface area contributed by atoms with Gasteiger partial charge < -0.3 is 42.3 Å². The van der Waals surface area contributed by atoms with E-state index in [1.807, 2.05) is 18.3 Å². The first-order chi connectivity index (χ1) is 29.5. The first kappa shape index (κ1) is 61.0. The third kappa shape index (κ3) is 22.5. The number of rotatable bonds is 9. The Morgan fingerprint density at radius 1 is 0.969 bits per heavy atom. The molecule has 2 saturated heterocycles. The summed E-state index contributed by atoms with van der Waals surface area (Å²) in [5.74, 6) is -0.492. The van der Waals surface area contributed by atoms with E-state index >= 15 is 0 Å². The van der Waals surface area contributed by atoms with E-state index in [0.717, 1.165) is 18.3 Å². The smallest absolute Gasteiger partial charge is 0.471 e. The van der Waals surface area contributed by atoms with Gasteiger partial charge in [-0.1, -0.05) is 99.4 Å². The van der Waals surface area contributed by atoms with E-state index in [0.29, 0.717) is 71.7 Å². The largest absolute Gasteiger partial charge is 0.483 e. The highest BCUT2D eigenvalue weighted by Crippen LogP contribution is 2.53. The number of hydrogen-bond acceptors (Lipinski definition) is 9. The van der Waals surface area contributed by atoms with E-state index in [1.54, 1.807) is 28.4 Å². The summed E-state index contributed by atoms with van der Waals surface area (Å²) in [6.45, 7) is 22.5. The van der Waals surface area contributed by atoms with Crippen molar-refractivity contribution in [3.8, 4) is 6.07 Å². The standard InChI is InChI=1S/C11H10BClN4O.C11H15F3N2O2.C11H18F2N2O2.2C4H10.CH2O2/c12-11(16)6-2-1-3-7(13)9(6)10(15)8(4-14)17-5-18;1-2-6-7-4-16(5-8(6)7)9(17)3-15-10(18)11(12,13)14;1-7-5-15(6-11(7,2)3)8(16)4-14-10(17)9(12)13;2*1-4(2)3;2-1-3/h1-3,5,8H,15-16H2,(H,17,18);6-8H,2-5H2,1H3,(H,15,18);7,9H,4-6H2,1-3H3,(H,14,17);2*4H,1-3H3;1H,(H,2,3)/b10-9+,11-6-;;;;;/t;;7-;;;/m..0.../s1. The molecule has 3 unspecified atom stereocenters. The molecular formula is C42H65BClF5N8O7. The second-order valence-electron chi connectivity index (χ2n) is 17.1. The van der Waals surface area contributed by atoms with Gasteiger partial charge in [0, 0.05) is 31.4 Å². The van der Waals surface area contributed by atoms with Crippen LogP contribution in [-0.4, -0.2) is 117 Å². The van der Waals surface area contributed by atoms with Crippen LogP contribution in [-0.2, 0) is 28.8 Å². The highest BCUT2D eigenvalue weighted by Gasteiger charge is 2.55. The molecule has 22 heteroatoms. The molecule has 3 fully saturated rings. The Kier molecular flexibility index (Phi) is 28.0. The van der Waals surface area contributed by atoms with E-state index in [4.69, 9.17) is 46.1 Å². The van der Waals surface area contributed by atoms with Gasteiger partial charge in [-0.05, 0) is 57.8 Å². The van der Waals surface area contributed by atoms with Gasteiger partial charge in [0.1, 0.15) is 7.85 Å². The van der Waals surface area contributed by atoms with E-state index in [-0.39, 0.29) is 35.6 Å². The Hall–Kier alpha value is -5.13. The highest BCUT2D eigenvalue weighted by molar-refractivity contribution is 6.37. The normalized spacial score (nSPS) is 20.1. The molecule has 2 radical (unpaired) electrons. The molecule has 1 aliphatic carbocycles. The first-order valence-corrected chi connectivity index (χ1v) is 20.8. The van der Waals surface area contributed by atoms with Crippen LogP contribution in [0.4, 0.5) is 22.0 Å². The summed E-state index contributed by atoms with van der Waals surface area (Å²) < 4.78 is 59.5. The lowest BCUT2D eigenvalue weighted by Gasteiger charge is -2.22. The van der Waals surface area contributed by atoms with Crippen LogP contribution in [0.1, 0.15) is 75.7 Å². The van der Waals surface area contributed by atoms with Gasteiger partial charge in [-0.2, -0.15) is 27.2 Å². The number of nitrogens with two attached hydrogens (primary N) is 2. The fourth-order valence-electron chi connectivity index (χ4n) is 6.13. The fraction of sp³-hybridized carbons (Fsp3) is 0.643. The van der Waals surface area contributed by atoms with Crippen LogP contribution in [0.25, 0.3) is 11.3 Å². The van der Waals surface area contributed by atoms with Crippen LogP contribution in [0.2, 0.25) is 5.02 Å². The molecule has 8 N–H and O–H groups in total. The molecule has 3 aliphatic rings. The number of halogens is 6. The number of piperidine rings is 1. The maximum Gasteiger partial charge on any atom is 0.471 e. The SMILES string of the molecule is CC(C)C.CC(C)C.CCC1C2CN(C(=O)CNC(=O)C(F)(F)F)CC12.C[C@H]1CN(C(=O)CNC(=O)C(F)F)CC1(C)C.O=CO.[B]/C(N)=c1\cccc(Cl)\c1=C(\N)C(C#N)NC=O. The molecule has 1 aromatic rings. The molecule has 5 amide bonds. The number of carboxylic acid groups (broad SMARTS) is 1. The summed E-state index contributed by atoms with van der Waals surface area (Å²) in [5.41, 5.74) is 11.5. The van der Waals surface area contributed by atoms with Crippen molar-refractivity contribution in [2.75, 3.05) is 39.3 Å². The molecule has 2 heterocycles. The summed E-state index contributed by atoms with van der Waals surface area (Å²) in [6, 6.07) is 5.71. The molecule has 15 nitrogen and oxygen atoms in total. The van der Waals surface area contributed by atoms with Gasteiger partial charge in [0.2, 0.25) is 18.2 Å². The van der Waals surface area contributed by atoms with Crippen LogP contribution in [0.15, 0.2) is 18.2 Å². The number of alkyl halides is 5. The Labute approximate surface area is 378 Å². The number of carbonyl (C=O) groups excluding carboxylic acids is 5. The Balaban J connectivity index is 0. The van der Waals surface area contributed by atoms with Gasteiger partial charge in [-0.15, -0.1) is 0 Å². The Morgan fingerprint density at radius 2 is 1.44 bits per heavy atom. The monoisotopic (exact) mass is 934 g/mol. The number of amides is 5. The van der Waals surface area contributed by atoms with Crippen molar-refractivity contribution in [1.29, 1.82) is 5.26 Å². The van der Waals surface area contributed by atoms with Gasteiger partial charge in [-0.25, -0.2) is 0 Å². The lowest BCUT2D eigenvalue weighted by Crippen LogP contribution is -2.44. The van der Waals surface area contributed by atoms with E-state index in [9.17, 15) is 45.9 Å². The van der Waals surface area contributed by atoms with Crippen molar-refractivity contribution in [2.45, 2.75) is 94.3 Å². The van der Waals surface area contributed by atoms with Crippen LogP contribution in [0.5, 0.6) is 0 Å². The van der Waals surface area contributed by atoms with Crippen molar-refractivity contribution in [3.63, 3.8) is 0 Å². The number of fused-ring (bicyclic) bond motifs is 1. The van der Waals surface area contributed by atoms with Gasteiger partial charge in [0.05, 0.1) is 29.9 Å². The van der Waals surface area contributed by atoms with E-state index in [1.165, 1.54) is 4.90 Å². The van der Waals surface area contributed by atoms with Gasteiger partial charge in [-0.3, -0.25) is 28.8 Å². The Bertz CT molecular complexity index is 1820.